The minimum atomic E-state index is -0.218. The molecular weight excluding hydrogens is 229 g/mol. The lowest BCUT2D eigenvalue weighted by molar-refractivity contribution is 0.474. The molecule has 94 valence electrons. The molecule has 0 aromatic heterocycles. The summed E-state index contributed by atoms with van der Waals surface area (Å²) >= 11 is 0. The van der Waals surface area contributed by atoms with Gasteiger partial charge < -0.3 is 10.4 Å². The first-order chi connectivity index (χ1) is 8.65. The van der Waals surface area contributed by atoms with Gasteiger partial charge in [0, 0.05) is 12.6 Å². The van der Waals surface area contributed by atoms with Crippen LogP contribution in [0.4, 0.5) is 4.39 Å². The van der Waals surface area contributed by atoms with E-state index in [1.54, 1.807) is 24.3 Å². The molecule has 0 amide bonds. The van der Waals surface area contributed by atoms with Crippen LogP contribution in [0.3, 0.4) is 0 Å². The van der Waals surface area contributed by atoms with Crippen molar-refractivity contribution in [2.45, 2.75) is 19.5 Å². The molecule has 2 nitrogen and oxygen atoms in total. The lowest BCUT2D eigenvalue weighted by Gasteiger charge is -2.14. The number of nitrogens with one attached hydrogen (secondary N) is 1. The Morgan fingerprint density at radius 1 is 1.06 bits per heavy atom. The highest BCUT2D eigenvalue weighted by atomic mass is 19.1. The van der Waals surface area contributed by atoms with Crippen molar-refractivity contribution in [3.8, 4) is 5.75 Å². The standard InChI is InChI=1S/C15H16FNO/c1-11(13-4-6-14(16)7-5-13)17-10-12-2-8-15(18)9-3-12/h2-9,11,17-18H,10H2,1H3/t11-/m1/s1. The molecule has 0 aliphatic rings. The van der Waals surface area contributed by atoms with Crippen molar-refractivity contribution in [1.29, 1.82) is 0 Å². The van der Waals surface area contributed by atoms with Gasteiger partial charge in [-0.05, 0) is 42.3 Å². The second kappa shape index (κ2) is 5.65. The lowest BCUT2D eigenvalue weighted by atomic mass is 10.1. The van der Waals surface area contributed by atoms with E-state index in [9.17, 15) is 9.50 Å². The van der Waals surface area contributed by atoms with Crippen LogP contribution in [-0.4, -0.2) is 5.11 Å². The number of benzene rings is 2. The highest BCUT2D eigenvalue weighted by Crippen LogP contribution is 2.14. The number of hydrogen-bond acceptors (Lipinski definition) is 2. The quantitative estimate of drug-likeness (QED) is 0.865. The van der Waals surface area contributed by atoms with Crippen molar-refractivity contribution < 1.29 is 9.50 Å². The first-order valence-electron chi connectivity index (χ1n) is 5.92. The highest BCUT2D eigenvalue weighted by Gasteiger charge is 2.04. The fourth-order valence-corrected chi connectivity index (χ4v) is 1.75. The molecular formula is C15H16FNO. The summed E-state index contributed by atoms with van der Waals surface area (Å²) in [6.45, 7) is 2.74. The van der Waals surface area contributed by atoms with E-state index in [-0.39, 0.29) is 17.6 Å². The zero-order chi connectivity index (χ0) is 13.0. The largest absolute Gasteiger partial charge is 0.508 e. The van der Waals surface area contributed by atoms with Crippen LogP contribution in [0.1, 0.15) is 24.1 Å². The molecule has 2 N–H and O–H groups in total. The fourth-order valence-electron chi connectivity index (χ4n) is 1.75. The van der Waals surface area contributed by atoms with Gasteiger partial charge in [-0.15, -0.1) is 0 Å². The van der Waals surface area contributed by atoms with Crippen LogP contribution in [-0.2, 0) is 6.54 Å². The number of aromatic hydroxyl groups is 1. The number of halogens is 1. The Balaban J connectivity index is 1.93. The molecule has 0 saturated carbocycles. The maximum absolute atomic E-state index is 12.8. The number of hydrogen-bond donors (Lipinski definition) is 2. The molecule has 0 fully saturated rings. The van der Waals surface area contributed by atoms with E-state index >= 15 is 0 Å². The summed E-state index contributed by atoms with van der Waals surface area (Å²) in [5.41, 5.74) is 2.15. The summed E-state index contributed by atoms with van der Waals surface area (Å²) in [5.74, 6) is 0.0508. The van der Waals surface area contributed by atoms with Crippen LogP contribution in [0.25, 0.3) is 0 Å². The van der Waals surface area contributed by atoms with Gasteiger partial charge in [0.15, 0.2) is 0 Å². The van der Waals surface area contributed by atoms with Crippen LogP contribution in [0.5, 0.6) is 5.75 Å². The molecule has 1 atom stereocenters. The molecule has 0 unspecified atom stereocenters. The van der Waals surface area contributed by atoms with E-state index < -0.39 is 0 Å². The van der Waals surface area contributed by atoms with E-state index in [2.05, 4.69) is 5.32 Å². The van der Waals surface area contributed by atoms with Gasteiger partial charge in [-0.2, -0.15) is 0 Å². The van der Waals surface area contributed by atoms with E-state index in [4.69, 9.17) is 0 Å². The van der Waals surface area contributed by atoms with Gasteiger partial charge in [-0.25, -0.2) is 4.39 Å². The Morgan fingerprint density at radius 2 is 1.67 bits per heavy atom. The molecule has 0 saturated heterocycles. The Hall–Kier alpha value is -1.87. The lowest BCUT2D eigenvalue weighted by Crippen LogP contribution is -2.17. The SMILES string of the molecule is C[C@@H](NCc1ccc(O)cc1)c1ccc(F)cc1. The van der Waals surface area contributed by atoms with Crippen molar-refractivity contribution in [1.82, 2.24) is 5.32 Å². The second-order valence-electron chi connectivity index (χ2n) is 4.32. The molecule has 18 heavy (non-hydrogen) atoms. The Labute approximate surface area is 106 Å². The summed E-state index contributed by atoms with van der Waals surface area (Å²) in [6.07, 6.45) is 0. The zero-order valence-electron chi connectivity index (χ0n) is 10.2. The van der Waals surface area contributed by atoms with Gasteiger partial charge in [0.1, 0.15) is 11.6 Å². The molecule has 2 aromatic carbocycles. The van der Waals surface area contributed by atoms with E-state index in [0.717, 1.165) is 11.1 Å². The molecule has 0 spiro atoms. The third-order valence-corrected chi connectivity index (χ3v) is 2.92. The summed E-state index contributed by atoms with van der Waals surface area (Å²) in [6, 6.07) is 13.7. The van der Waals surface area contributed by atoms with Crippen LogP contribution in [0, 0.1) is 5.82 Å². The third kappa shape index (κ3) is 3.31. The second-order valence-corrected chi connectivity index (χ2v) is 4.32. The number of phenolic OH excluding ortho intramolecular Hbond substituents is 1. The van der Waals surface area contributed by atoms with Crippen molar-refractivity contribution in [3.05, 3.63) is 65.5 Å². The summed E-state index contributed by atoms with van der Waals surface area (Å²) in [7, 11) is 0. The first-order valence-corrected chi connectivity index (χ1v) is 5.92. The molecule has 3 heteroatoms. The van der Waals surface area contributed by atoms with Gasteiger partial charge in [0.25, 0.3) is 0 Å². The fraction of sp³-hybridized carbons (Fsp3) is 0.200. The maximum Gasteiger partial charge on any atom is 0.123 e. The smallest absolute Gasteiger partial charge is 0.123 e. The van der Waals surface area contributed by atoms with Crippen LogP contribution >= 0.6 is 0 Å². The van der Waals surface area contributed by atoms with Gasteiger partial charge in [0.05, 0.1) is 0 Å². The van der Waals surface area contributed by atoms with Crippen LogP contribution in [0.15, 0.2) is 48.5 Å². The van der Waals surface area contributed by atoms with Crippen molar-refractivity contribution in [3.63, 3.8) is 0 Å². The van der Waals surface area contributed by atoms with Crippen molar-refractivity contribution in [2.24, 2.45) is 0 Å². The van der Waals surface area contributed by atoms with Crippen LogP contribution < -0.4 is 5.32 Å². The minimum absolute atomic E-state index is 0.152. The van der Waals surface area contributed by atoms with Gasteiger partial charge in [0.2, 0.25) is 0 Å². The summed E-state index contributed by atoms with van der Waals surface area (Å²) in [4.78, 5) is 0. The third-order valence-electron chi connectivity index (χ3n) is 2.92. The van der Waals surface area contributed by atoms with E-state index in [0.29, 0.717) is 6.54 Å². The average Bonchev–Trinajstić information content (AvgIpc) is 2.38. The minimum Gasteiger partial charge on any atom is -0.508 e. The molecule has 0 aliphatic heterocycles. The van der Waals surface area contributed by atoms with Gasteiger partial charge >= 0.3 is 0 Å². The summed E-state index contributed by atoms with van der Waals surface area (Å²) < 4.78 is 12.8. The van der Waals surface area contributed by atoms with Crippen molar-refractivity contribution in [2.75, 3.05) is 0 Å². The number of phenols is 1. The monoisotopic (exact) mass is 245 g/mol. The average molecular weight is 245 g/mol. The molecule has 0 heterocycles. The van der Waals surface area contributed by atoms with Crippen LogP contribution in [0.2, 0.25) is 0 Å². The Bertz CT molecular complexity index is 493. The molecule has 2 rings (SSSR count). The topological polar surface area (TPSA) is 32.3 Å². The molecule has 0 bridgehead atoms. The van der Waals surface area contributed by atoms with Gasteiger partial charge in [-0.1, -0.05) is 24.3 Å². The molecule has 2 aromatic rings. The van der Waals surface area contributed by atoms with E-state index in [1.807, 2.05) is 19.1 Å². The van der Waals surface area contributed by atoms with Crippen molar-refractivity contribution >= 4 is 0 Å². The normalized spacial score (nSPS) is 12.3. The highest BCUT2D eigenvalue weighted by molar-refractivity contribution is 5.26. The number of rotatable bonds is 4. The zero-order valence-corrected chi connectivity index (χ0v) is 10.2. The molecule has 0 aliphatic carbocycles. The first kappa shape index (κ1) is 12.6. The predicted octanol–water partition coefficient (Wildman–Crippen LogP) is 3.38. The maximum atomic E-state index is 12.8. The molecule has 0 radical (unpaired) electrons. The van der Waals surface area contributed by atoms with E-state index in [1.165, 1.54) is 12.1 Å². The Kier molecular flexibility index (Phi) is 3.95. The Morgan fingerprint density at radius 3 is 2.28 bits per heavy atom. The van der Waals surface area contributed by atoms with Gasteiger partial charge in [-0.3, -0.25) is 0 Å². The predicted molar refractivity (Wildman–Crippen MR) is 69.8 cm³/mol. The summed E-state index contributed by atoms with van der Waals surface area (Å²) in [5, 5.41) is 12.5.